The summed E-state index contributed by atoms with van der Waals surface area (Å²) < 4.78 is 0. The van der Waals surface area contributed by atoms with E-state index in [1.54, 1.807) is 0 Å². The number of amides is 1. The van der Waals surface area contributed by atoms with E-state index in [9.17, 15) is 19.5 Å². The van der Waals surface area contributed by atoms with Crippen LogP contribution >= 0.6 is 11.8 Å². The number of rotatable bonds is 8. The number of aromatic nitrogens is 2. The van der Waals surface area contributed by atoms with Gasteiger partial charge in [0.1, 0.15) is 11.1 Å². The lowest BCUT2D eigenvalue weighted by Crippen LogP contribution is -2.42. The van der Waals surface area contributed by atoms with Gasteiger partial charge in [0, 0.05) is 19.8 Å². The van der Waals surface area contributed by atoms with E-state index >= 15 is 0 Å². The van der Waals surface area contributed by atoms with Gasteiger partial charge in [-0.25, -0.2) is 9.78 Å². The first-order chi connectivity index (χ1) is 9.93. The third-order valence-electron chi connectivity index (χ3n) is 2.72. The average molecular weight is 313 g/mol. The van der Waals surface area contributed by atoms with Crippen molar-refractivity contribution in [2.45, 2.75) is 50.6 Å². The number of aliphatic carboxylic acids is 1. The Morgan fingerprint density at radius 1 is 1.48 bits per heavy atom. The molecule has 1 aromatic heterocycles. The average Bonchev–Trinajstić information content (AvgIpc) is 2.82. The lowest BCUT2D eigenvalue weighted by molar-refractivity contribution is -0.141. The Balaban J connectivity index is 2.70. The first-order valence-electron chi connectivity index (χ1n) is 6.66. The first kappa shape index (κ1) is 17.2. The van der Waals surface area contributed by atoms with Crippen LogP contribution in [0.2, 0.25) is 0 Å². The SMILES string of the molecule is CCCCC(=O)N[C@@H](Cc1[nH]cnc1SC(C)=O)C(=O)O. The number of unbranched alkanes of at least 4 members (excludes halogenated alkanes) is 1. The number of H-pyrrole nitrogens is 1. The fraction of sp³-hybridized carbons (Fsp3) is 0.538. The minimum atomic E-state index is -1.12. The molecule has 0 aliphatic carbocycles. The van der Waals surface area contributed by atoms with Crippen molar-refractivity contribution in [3.63, 3.8) is 0 Å². The van der Waals surface area contributed by atoms with Crippen LogP contribution in [0.5, 0.6) is 0 Å². The Morgan fingerprint density at radius 3 is 2.76 bits per heavy atom. The highest BCUT2D eigenvalue weighted by Gasteiger charge is 2.23. The highest BCUT2D eigenvalue weighted by Crippen LogP contribution is 2.20. The van der Waals surface area contributed by atoms with Crippen molar-refractivity contribution in [2.24, 2.45) is 0 Å². The van der Waals surface area contributed by atoms with Crippen LogP contribution in [-0.4, -0.2) is 38.1 Å². The van der Waals surface area contributed by atoms with Gasteiger partial charge in [-0.05, 0) is 18.2 Å². The second kappa shape index (κ2) is 8.46. The number of hydrogen-bond acceptors (Lipinski definition) is 5. The summed E-state index contributed by atoms with van der Waals surface area (Å²) in [6.45, 7) is 3.36. The van der Waals surface area contributed by atoms with Gasteiger partial charge >= 0.3 is 5.97 Å². The maximum atomic E-state index is 11.6. The molecule has 8 heteroatoms. The molecule has 7 nitrogen and oxygen atoms in total. The normalized spacial score (nSPS) is 11.9. The van der Waals surface area contributed by atoms with Crippen molar-refractivity contribution < 1.29 is 19.5 Å². The zero-order chi connectivity index (χ0) is 15.8. The quantitative estimate of drug-likeness (QED) is 0.625. The van der Waals surface area contributed by atoms with Crippen molar-refractivity contribution in [2.75, 3.05) is 0 Å². The maximum absolute atomic E-state index is 11.6. The summed E-state index contributed by atoms with van der Waals surface area (Å²) in [7, 11) is 0. The van der Waals surface area contributed by atoms with Crippen molar-refractivity contribution in [3.8, 4) is 0 Å². The Hall–Kier alpha value is -1.83. The van der Waals surface area contributed by atoms with Crippen LogP contribution in [-0.2, 0) is 20.8 Å². The summed E-state index contributed by atoms with van der Waals surface area (Å²) in [5, 5.41) is 12.0. The molecule has 0 saturated carbocycles. The van der Waals surface area contributed by atoms with Crippen molar-refractivity contribution in [1.82, 2.24) is 15.3 Å². The third-order valence-corrected chi connectivity index (χ3v) is 3.55. The highest BCUT2D eigenvalue weighted by atomic mass is 32.2. The molecule has 0 radical (unpaired) electrons. The van der Waals surface area contributed by atoms with E-state index in [2.05, 4.69) is 15.3 Å². The largest absolute Gasteiger partial charge is 0.480 e. The number of carboxylic acid groups (broad SMARTS) is 1. The number of carbonyl (C=O) groups excluding carboxylic acids is 2. The zero-order valence-electron chi connectivity index (χ0n) is 12.0. The summed E-state index contributed by atoms with van der Waals surface area (Å²) in [6, 6.07) is -1.04. The van der Waals surface area contributed by atoms with Crippen LogP contribution in [0.3, 0.4) is 0 Å². The number of nitrogens with zero attached hydrogens (tertiary/aromatic N) is 1. The summed E-state index contributed by atoms with van der Waals surface area (Å²) in [4.78, 5) is 40.8. The third kappa shape index (κ3) is 5.99. The number of carboxylic acids is 1. The molecule has 0 unspecified atom stereocenters. The number of nitrogens with one attached hydrogen (secondary N) is 2. The van der Waals surface area contributed by atoms with Crippen LogP contribution in [0.4, 0.5) is 0 Å². The number of aromatic amines is 1. The Morgan fingerprint density at radius 2 is 2.19 bits per heavy atom. The first-order valence-corrected chi connectivity index (χ1v) is 7.48. The number of hydrogen-bond donors (Lipinski definition) is 3. The topological polar surface area (TPSA) is 112 Å². The van der Waals surface area contributed by atoms with Gasteiger partial charge in [0.05, 0.1) is 12.0 Å². The van der Waals surface area contributed by atoms with Crippen LogP contribution in [0.25, 0.3) is 0 Å². The Kier molecular flexibility index (Phi) is 6.93. The predicted octanol–water partition coefficient (Wildman–Crippen LogP) is 1.35. The molecule has 0 saturated heterocycles. The van der Waals surface area contributed by atoms with E-state index in [-0.39, 0.29) is 17.4 Å². The summed E-state index contributed by atoms with van der Waals surface area (Å²) >= 11 is 0.931. The molecule has 116 valence electrons. The van der Waals surface area contributed by atoms with Gasteiger partial charge in [0.15, 0.2) is 5.12 Å². The van der Waals surface area contributed by atoms with Gasteiger partial charge in [-0.2, -0.15) is 0 Å². The van der Waals surface area contributed by atoms with Crippen LogP contribution in [0.1, 0.15) is 38.8 Å². The van der Waals surface area contributed by atoms with Crippen molar-refractivity contribution in [3.05, 3.63) is 12.0 Å². The smallest absolute Gasteiger partial charge is 0.326 e. The Bertz CT molecular complexity index is 515. The molecule has 1 atom stereocenters. The summed E-state index contributed by atoms with van der Waals surface area (Å²) in [5.74, 6) is -1.40. The number of thioether (sulfide) groups is 1. The molecular formula is C13H19N3O4S. The minimum Gasteiger partial charge on any atom is -0.480 e. The van der Waals surface area contributed by atoms with E-state index in [1.807, 2.05) is 6.92 Å². The molecule has 3 N–H and O–H groups in total. The summed E-state index contributed by atoms with van der Waals surface area (Å²) in [5.41, 5.74) is 0.526. The predicted molar refractivity (Wildman–Crippen MR) is 77.9 cm³/mol. The monoisotopic (exact) mass is 313 g/mol. The van der Waals surface area contributed by atoms with Gasteiger partial charge in [0.25, 0.3) is 0 Å². The Labute approximate surface area is 126 Å². The van der Waals surface area contributed by atoms with Gasteiger partial charge in [-0.3, -0.25) is 9.59 Å². The summed E-state index contributed by atoms with van der Waals surface area (Å²) in [6.07, 6.45) is 3.35. The lowest BCUT2D eigenvalue weighted by atomic mass is 10.1. The number of imidazole rings is 1. The second-order valence-electron chi connectivity index (χ2n) is 4.55. The molecule has 0 aliphatic heterocycles. The molecule has 1 amide bonds. The highest BCUT2D eigenvalue weighted by molar-refractivity contribution is 8.13. The van der Waals surface area contributed by atoms with E-state index in [0.717, 1.165) is 18.2 Å². The molecule has 0 aromatic carbocycles. The number of carbonyl (C=O) groups is 3. The molecule has 1 aromatic rings. The van der Waals surface area contributed by atoms with Gasteiger partial charge in [0.2, 0.25) is 5.91 Å². The van der Waals surface area contributed by atoms with Gasteiger partial charge in [-0.1, -0.05) is 13.3 Å². The fourth-order valence-electron chi connectivity index (χ4n) is 1.69. The second-order valence-corrected chi connectivity index (χ2v) is 5.71. The molecule has 1 heterocycles. The zero-order valence-corrected chi connectivity index (χ0v) is 12.8. The van der Waals surface area contributed by atoms with Gasteiger partial charge < -0.3 is 15.4 Å². The van der Waals surface area contributed by atoms with E-state index in [4.69, 9.17) is 0 Å². The van der Waals surface area contributed by atoms with E-state index in [1.165, 1.54) is 13.3 Å². The molecular weight excluding hydrogens is 294 g/mol. The van der Waals surface area contributed by atoms with Crippen LogP contribution in [0.15, 0.2) is 11.4 Å². The van der Waals surface area contributed by atoms with Crippen LogP contribution < -0.4 is 5.32 Å². The molecule has 0 spiro atoms. The molecule has 1 rings (SSSR count). The lowest BCUT2D eigenvalue weighted by Gasteiger charge is -2.14. The van der Waals surface area contributed by atoms with Crippen molar-refractivity contribution >= 4 is 28.8 Å². The van der Waals surface area contributed by atoms with E-state index < -0.39 is 12.0 Å². The molecule has 0 bridgehead atoms. The molecule has 21 heavy (non-hydrogen) atoms. The van der Waals surface area contributed by atoms with Crippen LogP contribution in [0, 0.1) is 0 Å². The molecule has 0 aliphatic rings. The standard InChI is InChI=1S/C13H19N3O4S/c1-3-4-5-11(18)16-10(13(19)20)6-9-12(15-7-14-9)21-8(2)17/h7,10H,3-6H2,1-2H3,(H,14,15)(H,16,18)(H,19,20)/t10-/m0/s1. The van der Waals surface area contributed by atoms with Gasteiger partial charge in [-0.15, -0.1) is 0 Å². The molecule has 0 fully saturated rings. The van der Waals surface area contributed by atoms with Crippen molar-refractivity contribution in [1.29, 1.82) is 0 Å². The minimum absolute atomic E-state index is 0.0583. The van der Waals surface area contributed by atoms with E-state index in [0.29, 0.717) is 23.6 Å². The fourth-order valence-corrected chi connectivity index (χ4v) is 2.33. The maximum Gasteiger partial charge on any atom is 0.326 e.